The normalized spacial score (nSPS) is 32.5. The van der Waals surface area contributed by atoms with Gasteiger partial charge < -0.3 is 30.5 Å². The highest BCUT2D eigenvalue weighted by Gasteiger charge is 2.58. The Bertz CT molecular complexity index is 582. The predicted octanol–water partition coefficient (Wildman–Crippen LogP) is -1.98. The summed E-state index contributed by atoms with van der Waals surface area (Å²) < 4.78 is 23.0. The minimum atomic E-state index is -2.55. The maximum atomic E-state index is 12.5. The van der Waals surface area contributed by atoms with Gasteiger partial charge in [-0.3, -0.25) is 4.57 Å². The molecule has 10 heteroatoms. The standard InChI is InChI=1S/C11H16FN3O6/c1-5-2-15(10(18)14-8(5)13)9-11(19,20-4-12)7(17)6(3-16)21-9/h2,6-7,9,16-17,19H,3-4H2,1H3,(H2,13,14,18)/t6-,7-,9-,11+/m1/s1. The lowest BCUT2D eigenvalue weighted by molar-refractivity contribution is -0.291. The second-order valence-corrected chi connectivity index (χ2v) is 4.66. The van der Waals surface area contributed by atoms with E-state index in [9.17, 15) is 19.4 Å². The van der Waals surface area contributed by atoms with E-state index < -0.39 is 43.4 Å². The molecule has 0 aromatic carbocycles. The molecule has 118 valence electrons. The van der Waals surface area contributed by atoms with E-state index in [4.69, 9.17) is 15.6 Å². The maximum absolute atomic E-state index is 12.5. The molecular weight excluding hydrogens is 289 g/mol. The lowest BCUT2D eigenvalue weighted by Crippen LogP contribution is -2.50. The first-order valence-corrected chi connectivity index (χ1v) is 6.07. The fraction of sp³-hybridized carbons (Fsp3) is 0.636. The fourth-order valence-electron chi connectivity index (χ4n) is 2.15. The molecule has 1 aliphatic rings. The van der Waals surface area contributed by atoms with Gasteiger partial charge in [0, 0.05) is 11.8 Å². The Morgan fingerprint density at radius 1 is 1.67 bits per heavy atom. The third kappa shape index (κ3) is 2.51. The lowest BCUT2D eigenvalue weighted by atomic mass is 10.1. The molecule has 5 N–H and O–H groups in total. The average molecular weight is 305 g/mol. The van der Waals surface area contributed by atoms with Crippen LogP contribution in [0.3, 0.4) is 0 Å². The molecule has 2 heterocycles. The molecular formula is C11H16FN3O6. The van der Waals surface area contributed by atoms with Gasteiger partial charge in [0.2, 0.25) is 5.79 Å². The number of rotatable bonds is 4. The van der Waals surface area contributed by atoms with Crippen molar-refractivity contribution in [3.63, 3.8) is 0 Å². The van der Waals surface area contributed by atoms with E-state index in [1.807, 2.05) is 0 Å². The molecule has 2 rings (SSSR count). The summed E-state index contributed by atoms with van der Waals surface area (Å²) in [6, 6.07) is 0. The Morgan fingerprint density at radius 2 is 2.33 bits per heavy atom. The summed E-state index contributed by atoms with van der Waals surface area (Å²) >= 11 is 0. The molecule has 1 aromatic heterocycles. The van der Waals surface area contributed by atoms with Crippen LogP contribution in [0.5, 0.6) is 0 Å². The predicted molar refractivity (Wildman–Crippen MR) is 66.7 cm³/mol. The van der Waals surface area contributed by atoms with Crippen LogP contribution in [0, 0.1) is 6.92 Å². The van der Waals surface area contributed by atoms with Crippen molar-refractivity contribution in [2.24, 2.45) is 0 Å². The average Bonchev–Trinajstić information content (AvgIpc) is 2.67. The van der Waals surface area contributed by atoms with Crippen LogP contribution in [0.2, 0.25) is 0 Å². The van der Waals surface area contributed by atoms with E-state index in [1.54, 1.807) is 6.92 Å². The van der Waals surface area contributed by atoms with Crippen molar-refractivity contribution in [1.29, 1.82) is 0 Å². The molecule has 0 spiro atoms. The van der Waals surface area contributed by atoms with Gasteiger partial charge in [-0.25, -0.2) is 9.18 Å². The minimum absolute atomic E-state index is 0.0107. The number of nitrogens with two attached hydrogens (primary N) is 1. The molecule has 4 atom stereocenters. The summed E-state index contributed by atoms with van der Waals surface area (Å²) in [5, 5.41) is 29.3. The molecule has 1 aromatic rings. The summed E-state index contributed by atoms with van der Waals surface area (Å²) in [7, 11) is 0. The maximum Gasteiger partial charge on any atom is 0.351 e. The Morgan fingerprint density at radius 3 is 2.90 bits per heavy atom. The molecule has 1 aliphatic heterocycles. The van der Waals surface area contributed by atoms with Crippen LogP contribution in [0.25, 0.3) is 0 Å². The monoisotopic (exact) mass is 305 g/mol. The number of aryl methyl sites for hydroxylation is 1. The second kappa shape index (κ2) is 5.66. The zero-order chi connectivity index (χ0) is 15.8. The molecule has 0 radical (unpaired) electrons. The van der Waals surface area contributed by atoms with Crippen LogP contribution in [-0.2, 0) is 9.47 Å². The van der Waals surface area contributed by atoms with Gasteiger partial charge in [0.05, 0.1) is 6.61 Å². The third-order valence-electron chi connectivity index (χ3n) is 3.33. The fourth-order valence-corrected chi connectivity index (χ4v) is 2.15. The zero-order valence-corrected chi connectivity index (χ0v) is 11.1. The molecule has 0 amide bonds. The summed E-state index contributed by atoms with van der Waals surface area (Å²) in [6.45, 7) is -0.532. The Kier molecular flexibility index (Phi) is 4.25. The number of alkyl halides is 1. The third-order valence-corrected chi connectivity index (χ3v) is 3.33. The summed E-state index contributed by atoms with van der Waals surface area (Å²) in [4.78, 5) is 15.4. The first-order valence-electron chi connectivity index (χ1n) is 6.07. The Balaban J connectivity index is 2.50. The molecule has 1 fully saturated rings. The molecule has 0 unspecified atom stereocenters. The number of nitrogen functional groups attached to an aromatic ring is 1. The molecule has 21 heavy (non-hydrogen) atoms. The number of aliphatic hydroxyl groups is 3. The van der Waals surface area contributed by atoms with Crippen molar-refractivity contribution in [2.45, 2.75) is 31.1 Å². The topological polar surface area (TPSA) is 140 Å². The van der Waals surface area contributed by atoms with Crippen molar-refractivity contribution in [2.75, 3.05) is 19.2 Å². The highest BCUT2D eigenvalue weighted by Crippen LogP contribution is 2.38. The van der Waals surface area contributed by atoms with E-state index >= 15 is 0 Å². The van der Waals surface area contributed by atoms with E-state index in [0.29, 0.717) is 5.56 Å². The summed E-state index contributed by atoms with van der Waals surface area (Å²) in [6.07, 6.45) is -3.36. The summed E-state index contributed by atoms with van der Waals surface area (Å²) in [5.41, 5.74) is 5.01. The van der Waals surface area contributed by atoms with Gasteiger partial charge in [0.1, 0.15) is 18.0 Å². The molecule has 9 nitrogen and oxygen atoms in total. The Labute approximate surface area is 118 Å². The van der Waals surface area contributed by atoms with Crippen molar-refractivity contribution in [1.82, 2.24) is 9.55 Å². The lowest BCUT2D eigenvalue weighted by Gasteiger charge is -2.30. The largest absolute Gasteiger partial charge is 0.394 e. The second-order valence-electron chi connectivity index (χ2n) is 4.66. The number of halogens is 1. The number of aromatic nitrogens is 2. The van der Waals surface area contributed by atoms with Crippen molar-refractivity contribution in [3.05, 3.63) is 22.2 Å². The first-order chi connectivity index (χ1) is 9.85. The van der Waals surface area contributed by atoms with Gasteiger partial charge in [-0.2, -0.15) is 4.98 Å². The number of ether oxygens (including phenoxy) is 2. The van der Waals surface area contributed by atoms with Crippen molar-refractivity contribution >= 4 is 5.82 Å². The van der Waals surface area contributed by atoms with E-state index in [1.165, 1.54) is 6.20 Å². The molecule has 0 saturated carbocycles. The molecule has 0 aliphatic carbocycles. The minimum Gasteiger partial charge on any atom is -0.394 e. The molecule has 0 bridgehead atoms. The van der Waals surface area contributed by atoms with Gasteiger partial charge in [0.15, 0.2) is 13.1 Å². The van der Waals surface area contributed by atoms with Crippen LogP contribution < -0.4 is 11.4 Å². The number of aliphatic hydroxyl groups excluding tert-OH is 2. The van der Waals surface area contributed by atoms with E-state index in [-0.39, 0.29) is 5.82 Å². The van der Waals surface area contributed by atoms with Gasteiger partial charge in [-0.05, 0) is 6.92 Å². The van der Waals surface area contributed by atoms with Crippen LogP contribution >= 0.6 is 0 Å². The first kappa shape index (κ1) is 15.8. The van der Waals surface area contributed by atoms with Crippen molar-refractivity contribution in [3.8, 4) is 0 Å². The number of hydrogen-bond acceptors (Lipinski definition) is 8. The highest BCUT2D eigenvalue weighted by atomic mass is 19.1. The van der Waals surface area contributed by atoms with Gasteiger partial charge in [0.25, 0.3) is 0 Å². The Hall–Kier alpha value is -1.59. The molecule has 1 saturated heterocycles. The van der Waals surface area contributed by atoms with Crippen LogP contribution in [0.15, 0.2) is 11.0 Å². The number of anilines is 1. The van der Waals surface area contributed by atoms with E-state index in [2.05, 4.69) is 9.72 Å². The van der Waals surface area contributed by atoms with Gasteiger partial charge >= 0.3 is 5.69 Å². The van der Waals surface area contributed by atoms with Crippen molar-refractivity contribution < 1.29 is 29.2 Å². The quantitative estimate of drug-likeness (QED) is 0.469. The number of nitrogens with zero attached hydrogens (tertiary/aromatic N) is 2. The SMILES string of the molecule is Cc1cn([C@@H]2O[C@H](CO)[C@@H](O)[C@]2(O)OCF)c(=O)nc1N. The van der Waals surface area contributed by atoms with Crippen LogP contribution in [0.1, 0.15) is 11.8 Å². The van der Waals surface area contributed by atoms with Gasteiger partial charge in [-0.1, -0.05) is 0 Å². The number of hydrogen-bond donors (Lipinski definition) is 4. The van der Waals surface area contributed by atoms with Gasteiger partial charge in [-0.15, -0.1) is 0 Å². The zero-order valence-electron chi connectivity index (χ0n) is 11.1. The smallest absolute Gasteiger partial charge is 0.351 e. The summed E-state index contributed by atoms with van der Waals surface area (Å²) in [5.74, 6) is -2.56. The van der Waals surface area contributed by atoms with E-state index in [0.717, 1.165) is 4.57 Å². The highest BCUT2D eigenvalue weighted by molar-refractivity contribution is 5.35. The van der Waals surface area contributed by atoms with Crippen LogP contribution in [-0.4, -0.2) is 56.3 Å². The van der Waals surface area contributed by atoms with Crippen LogP contribution in [0.4, 0.5) is 10.2 Å².